The number of rotatable bonds is 7. The minimum absolute atomic E-state index is 0.146. The van der Waals surface area contributed by atoms with Gasteiger partial charge in [-0.05, 0) is 24.3 Å². The molecular formula is C13H17N5O3. The maximum Gasteiger partial charge on any atom is 0.304 e. The van der Waals surface area contributed by atoms with Gasteiger partial charge in [0, 0.05) is 6.04 Å². The number of hydrogen-bond donors (Lipinski definition) is 2. The first-order valence-corrected chi connectivity index (χ1v) is 6.57. The van der Waals surface area contributed by atoms with Crippen molar-refractivity contribution in [3.8, 4) is 17.1 Å². The van der Waals surface area contributed by atoms with E-state index in [1.165, 1.54) is 4.80 Å². The van der Waals surface area contributed by atoms with Crippen LogP contribution in [0.3, 0.4) is 0 Å². The number of aromatic nitrogens is 4. The highest BCUT2D eigenvalue weighted by molar-refractivity contribution is 5.67. The van der Waals surface area contributed by atoms with Crippen LogP contribution in [-0.2, 0) is 11.3 Å². The molecule has 8 heteroatoms. The lowest BCUT2D eigenvalue weighted by Gasteiger charge is -2.07. The zero-order valence-corrected chi connectivity index (χ0v) is 11.6. The third-order valence-corrected chi connectivity index (χ3v) is 2.72. The normalized spacial score (nSPS) is 12.1. The fourth-order valence-corrected chi connectivity index (χ4v) is 1.86. The molecule has 0 aliphatic carbocycles. The number of nitrogens with zero attached hydrogens (tertiary/aromatic N) is 4. The van der Waals surface area contributed by atoms with E-state index in [-0.39, 0.29) is 13.0 Å². The number of benzene rings is 1. The van der Waals surface area contributed by atoms with Crippen LogP contribution in [0.25, 0.3) is 11.4 Å². The predicted molar refractivity (Wildman–Crippen MR) is 74.7 cm³/mol. The summed E-state index contributed by atoms with van der Waals surface area (Å²) in [6.07, 6.45) is -0.146. The predicted octanol–water partition coefficient (Wildman–Crippen LogP) is 0.541. The monoisotopic (exact) mass is 291 g/mol. The Hall–Kier alpha value is -2.48. The Bertz CT molecular complexity index is 613. The van der Waals surface area contributed by atoms with Gasteiger partial charge in [0.25, 0.3) is 0 Å². The Kier molecular flexibility index (Phi) is 4.83. The number of para-hydroxylation sites is 1. The molecule has 3 N–H and O–H groups in total. The van der Waals surface area contributed by atoms with E-state index >= 15 is 0 Å². The fourth-order valence-electron chi connectivity index (χ4n) is 1.86. The molecule has 0 aliphatic rings. The molecule has 0 aliphatic heterocycles. The van der Waals surface area contributed by atoms with Gasteiger partial charge in [0.05, 0.1) is 25.1 Å². The van der Waals surface area contributed by atoms with Gasteiger partial charge in [-0.2, -0.15) is 4.80 Å². The van der Waals surface area contributed by atoms with Crippen molar-refractivity contribution in [3.05, 3.63) is 24.3 Å². The molecule has 2 aromatic rings. The summed E-state index contributed by atoms with van der Waals surface area (Å²) < 4.78 is 5.51. The lowest BCUT2D eigenvalue weighted by Crippen LogP contribution is -2.30. The van der Waals surface area contributed by atoms with Crippen LogP contribution in [0.15, 0.2) is 24.3 Å². The van der Waals surface area contributed by atoms with Gasteiger partial charge in [0.2, 0.25) is 5.82 Å². The van der Waals surface area contributed by atoms with Crippen LogP contribution in [-0.4, -0.2) is 43.9 Å². The van der Waals surface area contributed by atoms with Crippen molar-refractivity contribution in [1.82, 2.24) is 20.2 Å². The Morgan fingerprint density at radius 1 is 1.48 bits per heavy atom. The summed E-state index contributed by atoms with van der Waals surface area (Å²) in [5.74, 6) is 0.139. The number of ether oxygens (including phenoxy) is 1. The van der Waals surface area contributed by atoms with Crippen molar-refractivity contribution in [2.75, 3.05) is 6.61 Å². The van der Waals surface area contributed by atoms with Crippen LogP contribution in [0.5, 0.6) is 5.75 Å². The summed E-state index contributed by atoms with van der Waals surface area (Å²) >= 11 is 0. The minimum atomic E-state index is -0.954. The average Bonchev–Trinajstić information content (AvgIpc) is 2.87. The molecule has 1 heterocycles. The van der Waals surface area contributed by atoms with Gasteiger partial charge in [0.15, 0.2) is 0 Å². The second-order valence-corrected chi connectivity index (χ2v) is 4.46. The van der Waals surface area contributed by atoms with Crippen molar-refractivity contribution in [2.24, 2.45) is 5.73 Å². The molecular weight excluding hydrogens is 274 g/mol. The van der Waals surface area contributed by atoms with Gasteiger partial charge >= 0.3 is 5.97 Å². The number of nitrogens with two attached hydrogens (primary N) is 1. The lowest BCUT2D eigenvalue weighted by atomic mass is 10.2. The summed E-state index contributed by atoms with van der Waals surface area (Å²) in [6.45, 7) is 2.62. The van der Waals surface area contributed by atoms with Crippen molar-refractivity contribution in [1.29, 1.82) is 0 Å². The van der Waals surface area contributed by atoms with Crippen LogP contribution in [0, 0.1) is 0 Å². The molecule has 0 bridgehead atoms. The number of carbonyl (C=O) groups is 1. The van der Waals surface area contributed by atoms with Gasteiger partial charge in [-0.15, -0.1) is 10.2 Å². The largest absolute Gasteiger partial charge is 0.493 e. The summed E-state index contributed by atoms with van der Waals surface area (Å²) in [7, 11) is 0. The van der Waals surface area contributed by atoms with Gasteiger partial charge < -0.3 is 15.6 Å². The van der Waals surface area contributed by atoms with Gasteiger partial charge in [-0.1, -0.05) is 12.1 Å². The highest BCUT2D eigenvalue weighted by Gasteiger charge is 2.14. The first-order chi connectivity index (χ1) is 10.1. The van der Waals surface area contributed by atoms with E-state index in [2.05, 4.69) is 15.4 Å². The third-order valence-electron chi connectivity index (χ3n) is 2.72. The second-order valence-electron chi connectivity index (χ2n) is 4.46. The van der Waals surface area contributed by atoms with Crippen LogP contribution in [0.1, 0.15) is 13.3 Å². The van der Waals surface area contributed by atoms with E-state index in [0.29, 0.717) is 18.2 Å². The molecule has 0 radical (unpaired) electrons. The molecule has 1 aromatic heterocycles. The SMILES string of the molecule is CCOc1ccccc1-c1nnn(CC(N)CC(=O)O)n1. The standard InChI is InChI=1S/C13H17N5O3/c1-2-21-11-6-4-3-5-10(11)13-15-17-18(16-13)8-9(14)7-12(19)20/h3-6,9H,2,7-8,14H2,1H3,(H,19,20). The van der Waals surface area contributed by atoms with Crippen molar-refractivity contribution in [3.63, 3.8) is 0 Å². The van der Waals surface area contributed by atoms with Crippen LogP contribution in [0.4, 0.5) is 0 Å². The zero-order valence-electron chi connectivity index (χ0n) is 11.6. The fraction of sp³-hybridized carbons (Fsp3) is 0.385. The van der Waals surface area contributed by atoms with E-state index in [1.54, 1.807) is 0 Å². The number of hydrogen-bond acceptors (Lipinski definition) is 6. The van der Waals surface area contributed by atoms with E-state index in [1.807, 2.05) is 31.2 Å². The maximum absolute atomic E-state index is 10.6. The molecule has 0 saturated carbocycles. The molecule has 112 valence electrons. The third kappa shape index (κ3) is 3.99. The molecule has 0 spiro atoms. The smallest absolute Gasteiger partial charge is 0.304 e. The first-order valence-electron chi connectivity index (χ1n) is 6.57. The van der Waals surface area contributed by atoms with E-state index in [4.69, 9.17) is 15.6 Å². The summed E-state index contributed by atoms with van der Waals surface area (Å²) in [4.78, 5) is 11.9. The van der Waals surface area contributed by atoms with E-state index < -0.39 is 12.0 Å². The van der Waals surface area contributed by atoms with Gasteiger partial charge in [-0.3, -0.25) is 4.79 Å². The molecule has 0 fully saturated rings. The highest BCUT2D eigenvalue weighted by Crippen LogP contribution is 2.26. The molecule has 8 nitrogen and oxygen atoms in total. The maximum atomic E-state index is 10.6. The molecule has 1 atom stereocenters. The lowest BCUT2D eigenvalue weighted by molar-refractivity contribution is -0.137. The Morgan fingerprint density at radius 3 is 2.95 bits per heavy atom. The molecule has 1 unspecified atom stereocenters. The Morgan fingerprint density at radius 2 is 2.24 bits per heavy atom. The highest BCUT2D eigenvalue weighted by atomic mass is 16.5. The number of carboxylic acid groups (broad SMARTS) is 1. The number of carboxylic acids is 1. The first kappa shape index (κ1) is 14.9. The van der Waals surface area contributed by atoms with Crippen LogP contribution >= 0.6 is 0 Å². The average molecular weight is 291 g/mol. The summed E-state index contributed by atoms with van der Waals surface area (Å²) in [6, 6.07) is 6.82. The topological polar surface area (TPSA) is 116 Å². The Labute approximate surface area is 121 Å². The molecule has 21 heavy (non-hydrogen) atoms. The second kappa shape index (κ2) is 6.80. The van der Waals surface area contributed by atoms with Crippen molar-refractivity contribution < 1.29 is 14.6 Å². The molecule has 0 saturated heterocycles. The van der Waals surface area contributed by atoms with Gasteiger partial charge in [0.1, 0.15) is 5.75 Å². The van der Waals surface area contributed by atoms with Crippen molar-refractivity contribution >= 4 is 5.97 Å². The zero-order chi connectivity index (χ0) is 15.2. The quantitative estimate of drug-likeness (QED) is 0.764. The van der Waals surface area contributed by atoms with Crippen LogP contribution in [0.2, 0.25) is 0 Å². The Balaban J connectivity index is 2.14. The van der Waals surface area contributed by atoms with Crippen LogP contribution < -0.4 is 10.5 Å². The molecule has 1 aromatic carbocycles. The summed E-state index contributed by atoms with van der Waals surface area (Å²) in [5.41, 5.74) is 6.43. The summed E-state index contributed by atoms with van der Waals surface area (Å²) in [5, 5.41) is 20.7. The van der Waals surface area contributed by atoms with Crippen molar-refractivity contribution in [2.45, 2.75) is 25.9 Å². The molecule has 0 amide bonds. The number of tetrazole rings is 1. The minimum Gasteiger partial charge on any atom is -0.493 e. The van der Waals surface area contributed by atoms with E-state index in [0.717, 1.165) is 5.56 Å². The van der Waals surface area contributed by atoms with Gasteiger partial charge in [-0.25, -0.2) is 0 Å². The van der Waals surface area contributed by atoms with E-state index in [9.17, 15) is 4.79 Å². The molecule has 2 rings (SSSR count). The number of aliphatic carboxylic acids is 1.